The molecule has 0 N–H and O–H groups in total. The van der Waals surface area contributed by atoms with Gasteiger partial charge in [0.05, 0.1) is 12.3 Å². The van der Waals surface area contributed by atoms with E-state index in [2.05, 4.69) is 15.2 Å². The number of aromatic nitrogens is 4. The van der Waals surface area contributed by atoms with E-state index in [1.165, 1.54) is 6.07 Å². The highest BCUT2D eigenvalue weighted by Gasteiger charge is 2.16. The van der Waals surface area contributed by atoms with E-state index in [4.69, 9.17) is 9.26 Å². The summed E-state index contributed by atoms with van der Waals surface area (Å²) in [6, 6.07) is 18.3. The van der Waals surface area contributed by atoms with Crippen LogP contribution in [0.15, 0.2) is 76.2 Å². The summed E-state index contributed by atoms with van der Waals surface area (Å²) < 4.78 is 12.4. The van der Waals surface area contributed by atoms with Crippen molar-refractivity contribution in [3.05, 3.63) is 77.1 Å². The van der Waals surface area contributed by atoms with Gasteiger partial charge >= 0.3 is 0 Å². The summed E-state index contributed by atoms with van der Waals surface area (Å²) in [5.74, 6) is 1.15. The Hall–Kier alpha value is -3.74. The Balaban J connectivity index is 1.71. The van der Waals surface area contributed by atoms with Crippen molar-refractivity contribution in [3.63, 3.8) is 0 Å². The fourth-order valence-corrected chi connectivity index (χ4v) is 2.61. The van der Waals surface area contributed by atoms with Crippen molar-refractivity contribution in [3.8, 4) is 34.4 Å². The van der Waals surface area contributed by atoms with Crippen molar-refractivity contribution < 1.29 is 9.26 Å². The van der Waals surface area contributed by atoms with E-state index in [9.17, 15) is 4.79 Å². The van der Waals surface area contributed by atoms with Crippen LogP contribution in [0.25, 0.3) is 28.7 Å². The van der Waals surface area contributed by atoms with Crippen LogP contribution in [-0.2, 0) is 0 Å². The van der Waals surface area contributed by atoms with Crippen LogP contribution in [0.5, 0.6) is 5.75 Å². The van der Waals surface area contributed by atoms with Gasteiger partial charge in [-0.3, -0.25) is 4.79 Å². The third-order valence-corrected chi connectivity index (χ3v) is 3.86. The lowest BCUT2D eigenvalue weighted by molar-refractivity contribution is 0.340. The van der Waals surface area contributed by atoms with Crippen molar-refractivity contribution in [1.82, 2.24) is 19.9 Å². The monoisotopic (exact) mass is 360 g/mol. The number of hydrogen-bond acceptors (Lipinski definition) is 6. The molecule has 4 aromatic rings. The van der Waals surface area contributed by atoms with Gasteiger partial charge in [-0.05, 0) is 31.2 Å². The zero-order chi connectivity index (χ0) is 18.6. The molecule has 0 atom stereocenters. The first-order chi connectivity index (χ1) is 13.2. The van der Waals surface area contributed by atoms with Crippen LogP contribution < -0.4 is 10.2 Å². The molecule has 0 fully saturated rings. The third-order valence-electron chi connectivity index (χ3n) is 3.86. The van der Waals surface area contributed by atoms with Crippen LogP contribution in [0.1, 0.15) is 6.92 Å². The van der Waals surface area contributed by atoms with E-state index in [1.54, 1.807) is 10.9 Å². The molecule has 0 saturated carbocycles. The number of para-hydroxylation sites is 1. The molecular weight excluding hydrogens is 344 g/mol. The van der Waals surface area contributed by atoms with Gasteiger partial charge in [0.1, 0.15) is 5.75 Å². The highest BCUT2D eigenvalue weighted by Crippen LogP contribution is 2.23. The number of rotatable bonds is 5. The molecular formula is C20H16N4O3. The molecule has 2 heterocycles. The molecule has 4 rings (SSSR count). The Morgan fingerprint density at radius 3 is 2.74 bits per heavy atom. The molecule has 0 amide bonds. The van der Waals surface area contributed by atoms with Crippen LogP contribution in [0.3, 0.4) is 0 Å². The molecule has 0 radical (unpaired) electrons. The van der Waals surface area contributed by atoms with Crippen LogP contribution in [0, 0.1) is 0 Å². The normalized spacial score (nSPS) is 10.7. The molecule has 0 unspecified atom stereocenters. The SMILES string of the molecule is CCOc1cccc(-c2noc(-c3nn(-c4ccccc4)ccc3=O)n2)c1. The minimum Gasteiger partial charge on any atom is -0.494 e. The first-order valence-corrected chi connectivity index (χ1v) is 8.47. The molecule has 134 valence electrons. The molecule has 0 saturated heterocycles. The molecule has 2 aromatic carbocycles. The van der Waals surface area contributed by atoms with Crippen LogP contribution in [0.4, 0.5) is 0 Å². The second-order valence-corrected chi connectivity index (χ2v) is 5.69. The van der Waals surface area contributed by atoms with Gasteiger partial charge in [0.2, 0.25) is 11.3 Å². The fourth-order valence-electron chi connectivity index (χ4n) is 2.61. The molecule has 7 heteroatoms. The summed E-state index contributed by atoms with van der Waals surface area (Å²) in [6.07, 6.45) is 1.60. The number of nitrogens with zero attached hydrogens (tertiary/aromatic N) is 4. The predicted molar refractivity (Wildman–Crippen MR) is 99.7 cm³/mol. The Kier molecular flexibility index (Phi) is 4.49. The molecule has 0 spiro atoms. The highest BCUT2D eigenvalue weighted by atomic mass is 16.5. The Morgan fingerprint density at radius 1 is 1.07 bits per heavy atom. The molecule has 2 aromatic heterocycles. The van der Waals surface area contributed by atoms with Gasteiger partial charge in [-0.15, -0.1) is 0 Å². The van der Waals surface area contributed by atoms with E-state index < -0.39 is 0 Å². The van der Waals surface area contributed by atoms with Crippen molar-refractivity contribution in [2.45, 2.75) is 6.92 Å². The Labute approximate surface area is 154 Å². The fraction of sp³-hybridized carbons (Fsp3) is 0.100. The lowest BCUT2D eigenvalue weighted by atomic mass is 10.2. The van der Waals surface area contributed by atoms with Gasteiger partial charge in [-0.2, -0.15) is 10.1 Å². The van der Waals surface area contributed by atoms with Gasteiger partial charge in [-0.1, -0.05) is 35.5 Å². The highest BCUT2D eigenvalue weighted by molar-refractivity contribution is 5.59. The summed E-state index contributed by atoms with van der Waals surface area (Å²) in [5.41, 5.74) is 1.36. The topological polar surface area (TPSA) is 83.0 Å². The molecule has 0 aliphatic rings. The summed E-state index contributed by atoms with van der Waals surface area (Å²) >= 11 is 0. The van der Waals surface area contributed by atoms with E-state index >= 15 is 0 Å². The van der Waals surface area contributed by atoms with Crippen LogP contribution in [0.2, 0.25) is 0 Å². The minimum atomic E-state index is -0.291. The molecule has 7 nitrogen and oxygen atoms in total. The minimum absolute atomic E-state index is 0.0714. The van der Waals surface area contributed by atoms with Crippen molar-refractivity contribution in [1.29, 1.82) is 0 Å². The number of ether oxygens (including phenoxy) is 1. The predicted octanol–water partition coefficient (Wildman–Crippen LogP) is 3.35. The van der Waals surface area contributed by atoms with Crippen LogP contribution >= 0.6 is 0 Å². The zero-order valence-corrected chi connectivity index (χ0v) is 14.6. The van der Waals surface area contributed by atoms with Crippen molar-refractivity contribution in [2.75, 3.05) is 6.61 Å². The maximum Gasteiger partial charge on any atom is 0.282 e. The van der Waals surface area contributed by atoms with Gasteiger partial charge in [-0.25, -0.2) is 4.68 Å². The first-order valence-electron chi connectivity index (χ1n) is 8.47. The molecule has 0 aliphatic carbocycles. The average molecular weight is 360 g/mol. The summed E-state index contributed by atoms with van der Waals surface area (Å²) in [5, 5.41) is 8.33. The Morgan fingerprint density at radius 2 is 1.93 bits per heavy atom. The van der Waals surface area contributed by atoms with E-state index in [1.807, 2.05) is 61.5 Å². The second-order valence-electron chi connectivity index (χ2n) is 5.69. The van der Waals surface area contributed by atoms with Gasteiger partial charge in [0.25, 0.3) is 5.89 Å². The van der Waals surface area contributed by atoms with Crippen molar-refractivity contribution in [2.24, 2.45) is 0 Å². The van der Waals surface area contributed by atoms with E-state index in [-0.39, 0.29) is 17.0 Å². The zero-order valence-electron chi connectivity index (χ0n) is 14.6. The quantitative estimate of drug-likeness (QED) is 0.543. The maximum atomic E-state index is 12.3. The van der Waals surface area contributed by atoms with E-state index in [0.29, 0.717) is 18.2 Å². The Bertz CT molecular complexity index is 1120. The number of hydrogen-bond donors (Lipinski definition) is 0. The average Bonchev–Trinajstić information content (AvgIpc) is 3.20. The first kappa shape index (κ1) is 16.7. The van der Waals surface area contributed by atoms with Crippen LogP contribution in [-0.4, -0.2) is 26.5 Å². The second kappa shape index (κ2) is 7.25. The van der Waals surface area contributed by atoms with Gasteiger partial charge in [0.15, 0.2) is 5.69 Å². The lowest BCUT2D eigenvalue weighted by Crippen LogP contribution is -2.12. The largest absolute Gasteiger partial charge is 0.494 e. The maximum absolute atomic E-state index is 12.3. The summed E-state index contributed by atoms with van der Waals surface area (Å²) in [4.78, 5) is 16.6. The lowest BCUT2D eigenvalue weighted by Gasteiger charge is -2.05. The molecule has 0 bridgehead atoms. The number of benzene rings is 2. The molecule has 27 heavy (non-hydrogen) atoms. The van der Waals surface area contributed by atoms with Gasteiger partial charge in [0, 0.05) is 17.8 Å². The van der Waals surface area contributed by atoms with E-state index in [0.717, 1.165) is 11.3 Å². The van der Waals surface area contributed by atoms with Crippen molar-refractivity contribution >= 4 is 0 Å². The standard InChI is InChI=1S/C20H16N4O3/c1-2-26-16-10-6-7-14(13-16)19-21-20(27-23-19)18-17(25)11-12-24(22-18)15-8-4-3-5-9-15/h3-13H,2H2,1H3. The summed E-state index contributed by atoms with van der Waals surface area (Å²) in [6.45, 7) is 2.48. The smallest absolute Gasteiger partial charge is 0.282 e. The third kappa shape index (κ3) is 3.48. The summed E-state index contributed by atoms with van der Waals surface area (Å²) in [7, 11) is 0. The van der Waals surface area contributed by atoms with Gasteiger partial charge < -0.3 is 9.26 Å². The molecule has 0 aliphatic heterocycles.